The number of thioether (sulfide) groups is 1. The Kier molecular flexibility index (Phi) is 5.65. The second-order valence-electron chi connectivity index (χ2n) is 6.99. The average Bonchev–Trinajstić information content (AvgIpc) is 3.14. The van der Waals surface area contributed by atoms with Gasteiger partial charge in [0.1, 0.15) is 0 Å². The lowest BCUT2D eigenvalue weighted by molar-refractivity contribution is -0.143. The Morgan fingerprint density at radius 3 is 2.42 bits per heavy atom. The average molecular weight is 501 g/mol. The Labute approximate surface area is 189 Å². The number of halogens is 4. The molecular weight excluding hydrogens is 486 g/mol. The van der Waals surface area contributed by atoms with Gasteiger partial charge in [-0.15, -0.1) is 11.8 Å². The van der Waals surface area contributed by atoms with Gasteiger partial charge >= 0.3 is 6.18 Å². The van der Waals surface area contributed by atoms with E-state index >= 15 is 0 Å². The molecule has 2 aromatic carbocycles. The lowest BCUT2D eigenvalue weighted by Gasteiger charge is -2.20. The fourth-order valence-corrected chi connectivity index (χ4v) is 5.62. The van der Waals surface area contributed by atoms with Gasteiger partial charge in [0.25, 0.3) is 10.0 Å². The van der Waals surface area contributed by atoms with Crippen molar-refractivity contribution >= 4 is 27.7 Å². The Hall–Kier alpha value is -3.06. The zero-order chi connectivity index (χ0) is 24.1. The molecule has 0 aliphatic carbocycles. The number of nitrogens with one attached hydrogen (secondary N) is 1. The number of rotatable bonds is 4. The molecule has 0 atom stereocenters. The Morgan fingerprint density at radius 1 is 1.18 bits per heavy atom. The number of nitrogens with zero attached hydrogens (tertiary/aromatic N) is 2. The number of carbonyl (C=O) groups excluding carboxylic acids is 1. The van der Waals surface area contributed by atoms with Crippen LogP contribution in [0.3, 0.4) is 0 Å². The number of aromatic nitrogens is 2. The van der Waals surface area contributed by atoms with Crippen LogP contribution in [0.2, 0.25) is 0 Å². The van der Waals surface area contributed by atoms with E-state index in [0.717, 1.165) is 35.5 Å². The van der Waals surface area contributed by atoms with Crippen LogP contribution in [0.15, 0.2) is 46.2 Å². The molecule has 7 nitrogen and oxygen atoms in total. The molecule has 1 N–H and O–H groups in total. The molecule has 1 aliphatic heterocycles. The minimum Gasteiger partial charge on any atom is -0.494 e. The van der Waals surface area contributed by atoms with Gasteiger partial charge in [-0.2, -0.15) is 18.3 Å². The van der Waals surface area contributed by atoms with E-state index in [1.165, 1.54) is 31.4 Å². The molecule has 0 radical (unpaired) electrons. The molecular formula is C20H15F4N3O4S2. The molecule has 33 heavy (non-hydrogen) atoms. The summed E-state index contributed by atoms with van der Waals surface area (Å²) in [6, 6.07) is 7.55. The summed E-state index contributed by atoms with van der Waals surface area (Å²) in [5, 5.41) is 3.74. The fourth-order valence-electron chi connectivity index (χ4n) is 3.43. The number of benzene rings is 2. The van der Waals surface area contributed by atoms with Crippen LogP contribution in [0, 0.1) is 5.82 Å². The van der Waals surface area contributed by atoms with E-state index in [1.807, 2.05) is 0 Å². The SMILES string of the molecule is COc1ccc2c(c1F)CSc1c(C(F)(F)F)nn(-c3ccc(S(=O)(=O)NC(C)=O)cc3)c1-2. The minimum absolute atomic E-state index is 0.0348. The van der Waals surface area contributed by atoms with Crippen LogP contribution in [-0.2, 0) is 26.7 Å². The van der Waals surface area contributed by atoms with Crippen molar-refractivity contribution in [1.82, 2.24) is 14.5 Å². The normalized spacial score (nSPS) is 13.3. The summed E-state index contributed by atoms with van der Waals surface area (Å²) in [7, 11) is -2.85. The number of hydrogen-bond acceptors (Lipinski definition) is 6. The Morgan fingerprint density at radius 2 is 1.85 bits per heavy atom. The minimum atomic E-state index is -4.76. The molecule has 1 amide bonds. The summed E-state index contributed by atoms with van der Waals surface area (Å²) in [4.78, 5) is 10.7. The summed E-state index contributed by atoms with van der Waals surface area (Å²) < 4.78 is 88.1. The summed E-state index contributed by atoms with van der Waals surface area (Å²) in [5.41, 5.74) is -0.577. The monoisotopic (exact) mass is 501 g/mol. The first-order valence-corrected chi connectivity index (χ1v) is 11.7. The van der Waals surface area contributed by atoms with Crippen LogP contribution in [0.1, 0.15) is 18.2 Å². The second kappa shape index (κ2) is 8.06. The van der Waals surface area contributed by atoms with Gasteiger partial charge in [-0.1, -0.05) is 0 Å². The van der Waals surface area contributed by atoms with Crippen molar-refractivity contribution in [1.29, 1.82) is 0 Å². The molecule has 0 saturated heterocycles. The third kappa shape index (κ3) is 4.06. The predicted molar refractivity (Wildman–Crippen MR) is 111 cm³/mol. The van der Waals surface area contributed by atoms with Crippen molar-refractivity contribution in [3.05, 3.63) is 53.5 Å². The van der Waals surface area contributed by atoms with E-state index in [2.05, 4.69) is 5.10 Å². The molecule has 1 aromatic heterocycles. The summed E-state index contributed by atoms with van der Waals surface area (Å²) in [6.07, 6.45) is -4.76. The highest BCUT2D eigenvalue weighted by atomic mass is 32.2. The number of ether oxygens (including phenoxy) is 1. The highest BCUT2D eigenvalue weighted by molar-refractivity contribution is 7.98. The van der Waals surface area contributed by atoms with Gasteiger partial charge in [-0.3, -0.25) is 4.79 Å². The molecule has 4 rings (SSSR count). The number of amides is 1. The number of methoxy groups -OCH3 is 1. The summed E-state index contributed by atoms with van der Waals surface area (Å²) in [6.45, 7) is 1.03. The first-order chi connectivity index (χ1) is 15.4. The van der Waals surface area contributed by atoms with E-state index in [-0.39, 0.29) is 43.8 Å². The van der Waals surface area contributed by atoms with Crippen molar-refractivity contribution in [2.24, 2.45) is 0 Å². The first-order valence-electron chi connectivity index (χ1n) is 9.26. The van der Waals surface area contributed by atoms with E-state index < -0.39 is 33.6 Å². The highest BCUT2D eigenvalue weighted by Crippen LogP contribution is 2.49. The predicted octanol–water partition coefficient (Wildman–Crippen LogP) is 4.14. The van der Waals surface area contributed by atoms with Crippen LogP contribution in [0.5, 0.6) is 5.75 Å². The van der Waals surface area contributed by atoms with E-state index in [1.54, 1.807) is 4.72 Å². The van der Waals surface area contributed by atoms with Gasteiger partial charge < -0.3 is 4.74 Å². The molecule has 0 fully saturated rings. The van der Waals surface area contributed by atoms with Crippen molar-refractivity contribution in [3.63, 3.8) is 0 Å². The Balaban J connectivity index is 1.90. The van der Waals surface area contributed by atoms with Crippen molar-refractivity contribution < 1.29 is 35.5 Å². The Bertz CT molecular complexity index is 1370. The van der Waals surface area contributed by atoms with Gasteiger partial charge in [0.15, 0.2) is 17.3 Å². The van der Waals surface area contributed by atoms with Gasteiger partial charge in [-0.05, 0) is 36.4 Å². The number of carbonyl (C=O) groups is 1. The van der Waals surface area contributed by atoms with Crippen LogP contribution >= 0.6 is 11.8 Å². The molecule has 174 valence electrons. The number of sulfonamides is 1. The van der Waals surface area contributed by atoms with E-state index in [9.17, 15) is 30.8 Å². The van der Waals surface area contributed by atoms with Crippen LogP contribution < -0.4 is 9.46 Å². The maximum Gasteiger partial charge on any atom is 0.436 e. The molecule has 0 bridgehead atoms. The molecule has 0 saturated carbocycles. The zero-order valence-corrected chi connectivity index (χ0v) is 18.7. The number of fused-ring (bicyclic) bond motifs is 3. The third-order valence-corrected chi connectivity index (χ3v) is 7.38. The maximum absolute atomic E-state index is 14.8. The molecule has 0 spiro atoms. The number of alkyl halides is 3. The molecule has 1 aliphatic rings. The van der Waals surface area contributed by atoms with Crippen LogP contribution in [0.4, 0.5) is 17.6 Å². The second-order valence-corrected chi connectivity index (χ2v) is 9.66. The van der Waals surface area contributed by atoms with Crippen LogP contribution in [0.25, 0.3) is 16.9 Å². The molecule has 13 heteroatoms. The van der Waals surface area contributed by atoms with Crippen LogP contribution in [-0.4, -0.2) is 31.2 Å². The maximum atomic E-state index is 14.8. The molecule has 0 unspecified atom stereocenters. The molecule has 3 aromatic rings. The summed E-state index contributed by atoms with van der Waals surface area (Å²) in [5.74, 6) is -1.55. The van der Waals surface area contributed by atoms with Gasteiger partial charge in [0.2, 0.25) is 5.91 Å². The van der Waals surface area contributed by atoms with E-state index in [4.69, 9.17) is 4.74 Å². The topological polar surface area (TPSA) is 90.3 Å². The smallest absolute Gasteiger partial charge is 0.436 e. The van der Waals surface area contributed by atoms with Gasteiger partial charge in [0, 0.05) is 23.8 Å². The van der Waals surface area contributed by atoms with Crippen molar-refractivity contribution in [3.8, 4) is 22.7 Å². The highest BCUT2D eigenvalue weighted by Gasteiger charge is 2.42. The quantitative estimate of drug-likeness (QED) is 0.541. The van der Waals surface area contributed by atoms with Gasteiger partial charge in [-0.25, -0.2) is 22.2 Å². The largest absolute Gasteiger partial charge is 0.494 e. The summed E-state index contributed by atoms with van der Waals surface area (Å²) >= 11 is 0.806. The standard InChI is InChI=1S/C20H15F4N3O4S2/c1-10(28)26-33(29,30)12-5-3-11(4-6-12)27-17-13-7-8-15(31-2)16(21)14(13)9-32-18(17)19(25-27)20(22,23)24/h3-8H,9H2,1-2H3,(H,26,28). The fraction of sp³-hybridized carbons (Fsp3) is 0.200. The molecule has 2 heterocycles. The lowest BCUT2D eigenvalue weighted by atomic mass is 10.0. The van der Waals surface area contributed by atoms with Gasteiger partial charge in [0.05, 0.1) is 28.3 Å². The third-order valence-electron chi connectivity index (χ3n) is 4.82. The lowest BCUT2D eigenvalue weighted by Crippen LogP contribution is -2.28. The van der Waals surface area contributed by atoms with Crippen molar-refractivity contribution in [2.45, 2.75) is 28.6 Å². The zero-order valence-electron chi connectivity index (χ0n) is 17.0. The number of hydrogen-bond donors (Lipinski definition) is 1. The first kappa shape index (κ1) is 23.1. The van der Waals surface area contributed by atoms with E-state index in [0.29, 0.717) is 0 Å². The van der Waals surface area contributed by atoms with Crippen molar-refractivity contribution in [2.75, 3.05) is 7.11 Å².